The lowest BCUT2D eigenvalue weighted by Crippen LogP contribution is -2.38. The van der Waals surface area contributed by atoms with Crippen molar-refractivity contribution in [3.8, 4) is 5.75 Å². The van der Waals surface area contributed by atoms with E-state index in [-0.39, 0.29) is 36.5 Å². The summed E-state index contributed by atoms with van der Waals surface area (Å²) in [6.45, 7) is 3.54. The second kappa shape index (κ2) is 11.8. The van der Waals surface area contributed by atoms with Gasteiger partial charge >= 0.3 is 0 Å². The Bertz CT molecular complexity index is 851. The Labute approximate surface area is 196 Å². The minimum atomic E-state index is -0.0610. The Morgan fingerprint density at radius 3 is 2.57 bits per heavy atom. The molecule has 1 aliphatic carbocycles. The minimum Gasteiger partial charge on any atom is -0.484 e. The molecular weight excluding hydrogens is 491 g/mol. The summed E-state index contributed by atoms with van der Waals surface area (Å²) in [5.74, 6) is 1.45. The maximum Gasteiger partial charge on any atom is 0.258 e. The first kappa shape index (κ1) is 24.0. The number of amides is 1. The summed E-state index contributed by atoms with van der Waals surface area (Å²) in [4.78, 5) is 18.2. The zero-order valence-electron chi connectivity index (χ0n) is 17.9. The smallest absolute Gasteiger partial charge is 0.258 e. The molecule has 0 aromatic heterocycles. The van der Waals surface area contributed by atoms with Crippen molar-refractivity contribution in [3.05, 3.63) is 65.2 Å². The van der Waals surface area contributed by atoms with Gasteiger partial charge in [0.15, 0.2) is 12.6 Å². The third-order valence-corrected chi connectivity index (χ3v) is 4.78. The average Bonchev–Trinajstić information content (AvgIpc) is 3.53. The molecule has 162 valence electrons. The van der Waals surface area contributed by atoms with E-state index in [1.165, 1.54) is 11.1 Å². The largest absolute Gasteiger partial charge is 0.484 e. The Morgan fingerprint density at radius 2 is 1.90 bits per heavy atom. The lowest BCUT2D eigenvalue weighted by Gasteiger charge is -2.22. The first-order valence-corrected chi connectivity index (χ1v) is 10.0. The summed E-state index contributed by atoms with van der Waals surface area (Å²) < 4.78 is 5.63. The van der Waals surface area contributed by atoms with Crippen molar-refractivity contribution >= 4 is 35.8 Å². The summed E-state index contributed by atoms with van der Waals surface area (Å²) >= 11 is 0. The maximum atomic E-state index is 11.8. The highest BCUT2D eigenvalue weighted by Crippen LogP contribution is 2.18. The lowest BCUT2D eigenvalue weighted by atomic mass is 10.1. The number of carbonyl (C=O) groups excluding carboxylic acids is 1. The van der Waals surface area contributed by atoms with Crippen LogP contribution >= 0.6 is 24.0 Å². The van der Waals surface area contributed by atoms with Gasteiger partial charge in [-0.3, -0.25) is 9.79 Å². The van der Waals surface area contributed by atoms with Crippen molar-refractivity contribution in [2.24, 2.45) is 4.99 Å². The van der Waals surface area contributed by atoms with Crippen LogP contribution in [0.25, 0.3) is 0 Å². The first-order chi connectivity index (χ1) is 14.0. The van der Waals surface area contributed by atoms with E-state index in [2.05, 4.69) is 51.7 Å². The normalized spacial score (nSPS) is 13.2. The van der Waals surface area contributed by atoms with Gasteiger partial charge in [0.25, 0.3) is 5.91 Å². The number of guanidine groups is 1. The third kappa shape index (κ3) is 7.85. The molecule has 7 heteroatoms. The van der Waals surface area contributed by atoms with Crippen molar-refractivity contribution in [1.29, 1.82) is 0 Å². The number of nitrogens with zero attached hydrogens (tertiary/aromatic N) is 2. The zero-order chi connectivity index (χ0) is 20.6. The molecule has 0 bridgehead atoms. The fraction of sp³-hybridized carbons (Fsp3) is 0.391. The van der Waals surface area contributed by atoms with E-state index in [0.717, 1.165) is 30.9 Å². The van der Waals surface area contributed by atoms with Crippen LogP contribution in [0.3, 0.4) is 0 Å². The van der Waals surface area contributed by atoms with Crippen LogP contribution < -0.4 is 15.4 Å². The highest BCUT2D eigenvalue weighted by molar-refractivity contribution is 14.0. The molecule has 1 saturated carbocycles. The molecule has 0 radical (unpaired) electrons. The van der Waals surface area contributed by atoms with Crippen LogP contribution in [-0.4, -0.2) is 43.5 Å². The Morgan fingerprint density at radius 1 is 1.17 bits per heavy atom. The van der Waals surface area contributed by atoms with Gasteiger partial charge in [-0.2, -0.15) is 0 Å². The molecule has 0 unspecified atom stereocenters. The Balaban J connectivity index is 0.00000320. The standard InChI is InChI=1S/C23H30N4O2.HI/c1-17-7-9-18(10-8-17)15-27(3)23(24-2)25-14-19-5-4-6-21(13-19)29-16-22(28)26-20-11-12-20;/h4-10,13,20H,11-12,14-16H2,1-3H3,(H,24,25)(H,26,28);1H. The molecule has 0 atom stereocenters. The van der Waals surface area contributed by atoms with E-state index in [0.29, 0.717) is 18.3 Å². The van der Waals surface area contributed by atoms with Crippen LogP contribution in [0.2, 0.25) is 0 Å². The Hall–Kier alpha value is -2.29. The summed E-state index contributed by atoms with van der Waals surface area (Å²) in [7, 11) is 3.80. The number of halogens is 1. The number of hydrogen-bond acceptors (Lipinski definition) is 3. The number of rotatable bonds is 8. The van der Waals surface area contributed by atoms with E-state index in [1.54, 1.807) is 7.05 Å². The summed E-state index contributed by atoms with van der Waals surface area (Å²) in [6, 6.07) is 16.6. The number of benzene rings is 2. The lowest BCUT2D eigenvalue weighted by molar-refractivity contribution is -0.123. The third-order valence-electron chi connectivity index (χ3n) is 4.78. The van der Waals surface area contributed by atoms with Gasteiger partial charge in [-0.05, 0) is 43.0 Å². The van der Waals surface area contributed by atoms with Crippen molar-refractivity contribution in [2.75, 3.05) is 20.7 Å². The molecule has 1 amide bonds. The molecule has 1 fully saturated rings. The first-order valence-electron chi connectivity index (χ1n) is 10.0. The van der Waals surface area contributed by atoms with Crippen LogP contribution in [-0.2, 0) is 17.9 Å². The van der Waals surface area contributed by atoms with Gasteiger partial charge in [-0.1, -0.05) is 42.0 Å². The van der Waals surface area contributed by atoms with Crippen molar-refractivity contribution in [2.45, 2.75) is 38.9 Å². The molecule has 2 aromatic rings. The predicted molar refractivity (Wildman–Crippen MR) is 131 cm³/mol. The monoisotopic (exact) mass is 522 g/mol. The van der Waals surface area contributed by atoms with Crippen LogP contribution in [0.15, 0.2) is 53.5 Å². The highest BCUT2D eigenvalue weighted by atomic mass is 127. The van der Waals surface area contributed by atoms with Crippen LogP contribution in [0.5, 0.6) is 5.75 Å². The number of hydrogen-bond donors (Lipinski definition) is 2. The van der Waals surface area contributed by atoms with Gasteiger partial charge in [0.1, 0.15) is 5.75 Å². The second-order valence-corrected chi connectivity index (χ2v) is 7.52. The molecule has 0 spiro atoms. The molecule has 3 rings (SSSR count). The summed E-state index contributed by atoms with van der Waals surface area (Å²) in [6.07, 6.45) is 2.15. The van der Waals surface area contributed by atoms with Crippen LogP contribution in [0.4, 0.5) is 0 Å². The zero-order valence-corrected chi connectivity index (χ0v) is 20.2. The van der Waals surface area contributed by atoms with Crippen molar-refractivity contribution < 1.29 is 9.53 Å². The summed E-state index contributed by atoms with van der Waals surface area (Å²) in [5, 5.41) is 6.31. The molecule has 0 saturated heterocycles. The van der Waals surface area contributed by atoms with Gasteiger partial charge in [-0.15, -0.1) is 24.0 Å². The van der Waals surface area contributed by atoms with Gasteiger partial charge in [0, 0.05) is 33.2 Å². The Kier molecular flexibility index (Phi) is 9.42. The van der Waals surface area contributed by atoms with Crippen LogP contribution in [0.1, 0.15) is 29.5 Å². The van der Waals surface area contributed by atoms with E-state index in [4.69, 9.17) is 4.74 Å². The topological polar surface area (TPSA) is 66.0 Å². The molecule has 1 aliphatic rings. The second-order valence-electron chi connectivity index (χ2n) is 7.52. The number of aryl methyl sites for hydroxylation is 1. The molecule has 0 heterocycles. The highest BCUT2D eigenvalue weighted by Gasteiger charge is 2.23. The van der Waals surface area contributed by atoms with E-state index in [1.807, 2.05) is 31.3 Å². The van der Waals surface area contributed by atoms with Crippen molar-refractivity contribution in [3.63, 3.8) is 0 Å². The quantitative estimate of drug-likeness (QED) is 0.317. The summed E-state index contributed by atoms with van der Waals surface area (Å²) in [5.41, 5.74) is 3.56. The molecule has 0 aliphatic heterocycles. The number of carbonyl (C=O) groups is 1. The van der Waals surface area contributed by atoms with E-state index >= 15 is 0 Å². The number of ether oxygens (including phenoxy) is 1. The van der Waals surface area contributed by atoms with Gasteiger partial charge in [0.05, 0.1) is 0 Å². The van der Waals surface area contributed by atoms with E-state index < -0.39 is 0 Å². The van der Waals surface area contributed by atoms with Gasteiger partial charge in [-0.25, -0.2) is 0 Å². The molecule has 30 heavy (non-hydrogen) atoms. The predicted octanol–water partition coefficient (Wildman–Crippen LogP) is 3.48. The number of nitrogens with one attached hydrogen (secondary N) is 2. The maximum absolute atomic E-state index is 11.8. The fourth-order valence-electron chi connectivity index (χ4n) is 3.00. The minimum absolute atomic E-state index is 0. The van der Waals surface area contributed by atoms with E-state index in [9.17, 15) is 4.79 Å². The average molecular weight is 522 g/mol. The molecule has 2 aromatic carbocycles. The SMILES string of the molecule is CN=C(NCc1cccc(OCC(=O)NC2CC2)c1)N(C)Cc1ccc(C)cc1.I. The van der Waals surface area contributed by atoms with Gasteiger partial charge < -0.3 is 20.3 Å². The van der Waals surface area contributed by atoms with Crippen molar-refractivity contribution in [1.82, 2.24) is 15.5 Å². The molecule has 2 N–H and O–H groups in total. The molecule has 6 nitrogen and oxygen atoms in total. The number of aliphatic imine (C=N–C) groups is 1. The fourth-order valence-corrected chi connectivity index (χ4v) is 3.00. The molecular formula is C23H31IN4O2. The van der Waals surface area contributed by atoms with Crippen LogP contribution in [0, 0.1) is 6.92 Å². The van der Waals surface area contributed by atoms with Gasteiger partial charge in [0.2, 0.25) is 0 Å².